The van der Waals surface area contributed by atoms with Gasteiger partial charge in [-0.3, -0.25) is 4.79 Å². The van der Waals surface area contributed by atoms with Crippen LogP contribution < -0.4 is 11.1 Å². The number of amides is 1. The molecule has 0 aromatic carbocycles. The second kappa shape index (κ2) is 6.35. The van der Waals surface area contributed by atoms with Crippen LogP contribution in [0, 0.1) is 0 Å². The topological polar surface area (TPSA) is 64.3 Å². The second-order valence-electron chi connectivity index (χ2n) is 3.75. The summed E-state index contributed by atoms with van der Waals surface area (Å²) in [6.45, 7) is 5.66. The highest BCUT2D eigenvalue weighted by atomic mass is 32.2. The Kier molecular flexibility index (Phi) is 5.42. The van der Waals surface area contributed by atoms with Crippen LogP contribution in [-0.4, -0.2) is 42.2 Å². The van der Waals surface area contributed by atoms with Crippen LogP contribution in [-0.2, 0) is 9.53 Å². The van der Waals surface area contributed by atoms with Crippen molar-refractivity contribution in [2.75, 3.05) is 18.9 Å². The van der Waals surface area contributed by atoms with E-state index in [1.165, 1.54) is 0 Å². The molecule has 0 aliphatic carbocycles. The van der Waals surface area contributed by atoms with Gasteiger partial charge in [0.2, 0.25) is 5.91 Å². The molecule has 3 atom stereocenters. The lowest BCUT2D eigenvalue weighted by Gasteiger charge is -2.18. The quantitative estimate of drug-likeness (QED) is 0.694. The Balaban J connectivity index is 2.29. The summed E-state index contributed by atoms with van der Waals surface area (Å²) in [4.78, 5) is 11.1. The van der Waals surface area contributed by atoms with Crippen molar-refractivity contribution < 1.29 is 9.53 Å². The van der Waals surface area contributed by atoms with E-state index in [1.807, 2.05) is 6.92 Å². The minimum absolute atomic E-state index is 0.215. The van der Waals surface area contributed by atoms with Crippen molar-refractivity contribution in [3.63, 3.8) is 0 Å². The molecule has 88 valence electrons. The van der Waals surface area contributed by atoms with Gasteiger partial charge in [0.25, 0.3) is 0 Å². The van der Waals surface area contributed by atoms with Gasteiger partial charge in [-0.1, -0.05) is 6.92 Å². The molecule has 0 bridgehead atoms. The van der Waals surface area contributed by atoms with E-state index in [0.717, 1.165) is 25.3 Å². The van der Waals surface area contributed by atoms with Gasteiger partial charge in [0.15, 0.2) is 0 Å². The van der Waals surface area contributed by atoms with Crippen molar-refractivity contribution in [2.24, 2.45) is 5.73 Å². The summed E-state index contributed by atoms with van der Waals surface area (Å²) in [7, 11) is 0. The molecular formula is C10H20N2O2S. The number of thioether (sulfide) groups is 1. The minimum atomic E-state index is -0.268. The lowest BCUT2D eigenvalue weighted by atomic mass is 10.3. The predicted octanol–water partition coefficient (Wildman–Crippen LogP) is 0.360. The van der Waals surface area contributed by atoms with Gasteiger partial charge in [0.05, 0.1) is 12.1 Å². The molecule has 0 saturated carbocycles. The van der Waals surface area contributed by atoms with E-state index in [9.17, 15) is 4.79 Å². The van der Waals surface area contributed by atoms with Crippen LogP contribution in [0.25, 0.3) is 0 Å². The van der Waals surface area contributed by atoms with Gasteiger partial charge in [-0.05, 0) is 19.9 Å². The maximum Gasteiger partial charge on any atom is 0.235 e. The summed E-state index contributed by atoms with van der Waals surface area (Å²) in [6, 6.07) is -0.215. The van der Waals surface area contributed by atoms with Crippen LogP contribution in [0.4, 0.5) is 0 Å². The van der Waals surface area contributed by atoms with E-state index in [2.05, 4.69) is 12.2 Å². The molecule has 1 heterocycles. The van der Waals surface area contributed by atoms with Crippen molar-refractivity contribution in [2.45, 2.75) is 37.7 Å². The molecule has 1 amide bonds. The van der Waals surface area contributed by atoms with E-state index in [0.29, 0.717) is 11.4 Å². The Morgan fingerprint density at radius 1 is 1.73 bits per heavy atom. The molecule has 1 saturated heterocycles. The number of likely N-dealkylation sites (N-methyl/N-ethyl adjacent to an activating group) is 1. The molecular weight excluding hydrogens is 212 g/mol. The number of primary amides is 1. The Morgan fingerprint density at radius 2 is 2.47 bits per heavy atom. The Labute approximate surface area is 95.3 Å². The highest BCUT2D eigenvalue weighted by molar-refractivity contribution is 8.00. The zero-order valence-corrected chi connectivity index (χ0v) is 10.2. The van der Waals surface area contributed by atoms with Gasteiger partial charge < -0.3 is 15.8 Å². The van der Waals surface area contributed by atoms with Gasteiger partial charge >= 0.3 is 0 Å². The summed E-state index contributed by atoms with van der Waals surface area (Å²) >= 11 is 1.78. The molecule has 0 aromatic heterocycles. The molecule has 3 unspecified atom stereocenters. The molecule has 3 N–H and O–H groups in total. The first-order valence-corrected chi connectivity index (χ1v) is 6.46. The Hall–Kier alpha value is -0.260. The summed E-state index contributed by atoms with van der Waals surface area (Å²) in [6.07, 6.45) is 1.37. The zero-order chi connectivity index (χ0) is 11.3. The summed E-state index contributed by atoms with van der Waals surface area (Å²) in [5.74, 6) is 0.470. The van der Waals surface area contributed by atoms with Crippen molar-refractivity contribution >= 4 is 17.7 Å². The predicted molar refractivity (Wildman–Crippen MR) is 62.9 cm³/mol. The standard InChI is InChI=1S/C10H20N2O2S/c1-3-12-8(10(11)13)6-15-9-4-5-14-7(9)2/h7-9,12H,3-6H2,1-2H3,(H2,11,13). The third-order valence-corrected chi connectivity index (χ3v) is 4.15. The van der Waals surface area contributed by atoms with E-state index >= 15 is 0 Å². The van der Waals surface area contributed by atoms with Crippen LogP contribution in [0.3, 0.4) is 0 Å². The minimum Gasteiger partial charge on any atom is -0.377 e. The fourth-order valence-electron chi connectivity index (χ4n) is 1.64. The molecule has 1 aliphatic heterocycles. The molecule has 0 aromatic rings. The molecule has 4 nitrogen and oxygen atoms in total. The van der Waals surface area contributed by atoms with Crippen molar-refractivity contribution in [3.8, 4) is 0 Å². The van der Waals surface area contributed by atoms with Gasteiger partial charge in [0.1, 0.15) is 0 Å². The molecule has 0 spiro atoms. The third kappa shape index (κ3) is 4.01. The van der Waals surface area contributed by atoms with Crippen LogP contribution in [0.5, 0.6) is 0 Å². The molecule has 15 heavy (non-hydrogen) atoms. The summed E-state index contributed by atoms with van der Waals surface area (Å²) in [5.41, 5.74) is 5.30. The number of nitrogens with two attached hydrogens (primary N) is 1. The number of carbonyl (C=O) groups is 1. The summed E-state index contributed by atoms with van der Waals surface area (Å²) in [5, 5.41) is 3.59. The first-order chi connectivity index (χ1) is 7.15. The maximum absolute atomic E-state index is 11.1. The monoisotopic (exact) mass is 232 g/mol. The average Bonchev–Trinajstić information content (AvgIpc) is 2.58. The van der Waals surface area contributed by atoms with Crippen molar-refractivity contribution in [1.82, 2.24) is 5.32 Å². The van der Waals surface area contributed by atoms with Crippen LogP contribution >= 0.6 is 11.8 Å². The van der Waals surface area contributed by atoms with Crippen LogP contribution in [0.15, 0.2) is 0 Å². The molecule has 5 heteroatoms. The number of ether oxygens (including phenoxy) is 1. The Morgan fingerprint density at radius 3 is 2.93 bits per heavy atom. The van der Waals surface area contributed by atoms with Gasteiger partial charge in [-0.2, -0.15) is 11.8 Å². The second-order valence-corrected chi connectivity index (χ2v) is 5.02. The smallest absolute Gasteiger partial charge is 0.235 e. The van der Waals surface area contributed by atoms with E-state index in [-0.39, 0.29) is 11.9 Å². The number of hydrogen-bond donors (Lipinski definition) is 2. The fraction of sp³-hybridized carbons (Fsp3) is 0.900. The van der Waals surface area contributed by atoms with Gasteiger partial charge in [-0.15, -0.1) is 0 Å². The van der Waals surface area contributed by atoms with E-state index in [4.69, 9.17) is 10.5 Å². The van der Waals surface area contributed by atoms with Crippen LogP contribution in [0.1, 0.15) is 20.3 Å². The van der Waals surface area contributed by atoms with Gasteiger partial charge in [-0.25, -0.2) is 0 Å². The number of hydrogen-bond acceptors (Lipinski definition) is 4. The van der Waals surface area contributed by atoms with E-state index < -0.39 is 0 Å². The number of carbonyl (C=O) groups excluding carboxylic acids is 1. The highest BCUT2D eigenvalue weighted by Gasteiger charge is 2.26. The highest BCUT2D eigenvalue weighted by Crippen LogP contribution is 2.26. The fourth-order valence-corrected chi connectivity index (χ4v) is 2.97. The van der Waals surface area contributed by atoms with Gasteiger partial charge in [0, 0.05) is 17.6 Å². The Bertz CT molecular complexity index is 214. The molecule has 0 radical (unpaired) electrons. The first kappa shape index (κ1) is 12.8. The normalized spacial score (nSPS) is 27.9. The number of rotatable bonds is 6. The molecule has 1 rings (SSSR count). The zero-order valence-electron chi connectivity index (χ0n) is 9.36. The van der Waals surface area contributed by atoms with Crippen LogP contribution in [0.2, 0.25) is 0 Å². The SMILES string of the molecule is CCNC(CSC1CCOC1C)C(N)=O. The van der Waals surface area contributed by atoms with E-state index in [1.54, 1.807) is 11.8 Å². The molecule has 1 aliphatic rings. The average molecular weight is 232 g/mol. The third-order valence-electron chi connectivity index (χ3n) is 2.58. The lowest BCUT2D eigenvalue weighted by molar-refractivity contribution is -0.119. The largest absolute Gasteiger partial charge is 0.377 e. The lowest BCUT2D eigenvalue weighted by Crippen LogP contribution is -2.43. The maximum atomic E-state index is 11.1. The van der Waals surface area contributed by atoms with Crippen molar-refractivity contribution in [3.05, 3.63) is 0 Å². The molecule has 1 fully saturated rings. The first-order valence-electron chi connectivity index (χ1n) is 5.41. The number of nitrogens with one attached hydrogen (secondary N) is 1. The summed E-state index contributed by atoms with van der Waals surface area (Å²) < 4.78 is 5.46. The van der Waals surface area contributed by atoms with Crippen molar-refractivity contribution in [1.29, 1.82) is 0 Å².